The number of carboxylic acid groups (broad SMARTS) is 1. The average Bonchev–Trinajstić information content (AvgIpc) is 2.82. The van der Waals surface area contributed by atoms with E-state index in [9.17, 15) is 14.7 Å². The van der Waals surface area contributed by atoms with E-state index in [-0.39, 0.29) is 13.0 Å². The maximum atomic E-state index is 11.9. The molecular formula is C12H21N3O5. The second-order valence-corrected chi connectivity index (χ2v) is 5.08. The van der Waals surface area contributed by atoms with Crippen LogP contribution in [-0.2, 0) is 9.53 Å². The molecule has 0 unspecified atom stereocenters. The lowest BCUT2D eigenvalue weighted by Crippen LogP contribution is -2.48. The summed E-state index contributed by atoms with van der Waals surface area (Å²) in [7, 11) is 0. The molecule has 0 bridgehead atoms. The topological polar surface area (TPSA) is 102 Å². The summed E-state index contributed by atoms with van der Waals surface area (Å²) in [6, 6.07) is -1.37. The van der Waals surface area contributed by atoms with Crippen molar-refractivity contribution >= 4 is 12.0 Å². The van der Waals surface area contributed by atoms with Gasteiger partial charge in [-0.15, -0.1) is 0 Å². The van der Waals surface area contributed by atoms with Gasteiger partial charge in [0.2, 0.25) is 0 Å². The molecule has 114 valence electrons. The second-order valence-electron chi connectivity index (χ2n) is 5.08. The zero-order chi connectivity index (χ0) is 14.5. The number of nitrogens with zero attached hydrogens (tertiary/aromatic N) is 2. The molecule has 2 amide bonds. The van der Waals surface area contributed by atoms with Crippen molar-refractivity contribution < 1.29 is 24.5 Å². The molecule has 2 saturated heterocycles. The van der Waals surface area contributed by atoms with Crippen LogP contribution in [0, 0.1) is 0 Å². The summed E-state index contributed by atoms with van der Waals surface area (Å²) in [6.45, 7) is 4.33. The van der Waals surface area contributed by atoms with Gasteiger partial charge in [0.25, 0.3) is 0 Å². The summed E-state index contributed by atoms with van der Waals surface area (Å²) in [5, 5.41) is 21.2. The minimum absolute atomic E-state index is 0.0698. The predicted octanol–water partition coefficient (Wildman–Crippen LogP) is -1.45. The monoisotopic (exact) mass is 287 g/mol. The number of carbonyl (C=O) groups excluding carboxylic acids is 1. The van der Waals surface area contributed by atoms with Crippen LogP contribution in [0.2, 0.25) is 0 Å². The van der Waals surface area contributed by atoms with Crippen molar-refractivity contribution in [2.24, 2.45) is 0 Å². The van der Waals surface area contributed by atoms with Crippen LogP contribution < -0.4 is 5.32 Å². The summed E-state index contributed by atoms with van der Waals surface area (Å²) in [4.78, 5) is 26.3. The van der Waals surface area contributed by atoms with E-state index in [4.69, 9.17) is 9.84 Å². The number of amides is 2. The fourth-order valence-corrected chi connectivity index (χ4v) is 2.52. The van der Waals surface area contributed by atoms with Crippen LogP contribution >= 0.6 is 0 Å². The fraction of sp³-hybridized carbons (Fsp3) is 0.833. The predicted molar refractivity (Wildman–Crippen MR) is 69.4 cm³/mol. The normalized spacial score (nSPS) is 27.6. The number of morpholine rings is 1. The van der Waals surface area contributed by atoms with E-state index in [1.165, 1.54) is 4.90 Å². The van der Waals surface area contributed by atoms with E-state index in [2.05, 4.69) is 10.2 Å². The largest absolute Gasteiger partial charge is 0.480 e. The van der Waals surface area contributed by atoms with E-state index < -0.39 is 24.1 Å². The van der Waals surface area contributed by atoms with Gasteiger partial charge in [-0.3, -0.25) is 4.90 Å². The zero-order valence-corrected chi connectivity index (χ0v) is 11.3. The number of urea groups is 1. The molecule has 2 aliphatic heterocycles. The molecule has 0 aromatic rings. The summed E-state index contributed by atoms with van der Waals surface area (Å²) < 4.78 is 5.23. The SMILES string of the molecule is O=C(O)[C@H]1C[C@@H](O)CN1C(=O)NCCN1CCOCC1. The molecule has 3 N–H and O–H groups in total. The van der Waals surface area contributed by atoms with Gasteiger partial charge in [0.05, 0.1) is 19.3 Å². The van der Waals surface area contributed by atoms with Gasteiger partial charge in [0, 0.05) is 39.1 Å². The molecule has 0 aromatic heterocycles. The number of aliphatic hydroxyl groups excluding tert-OH is 1. The van der Waals surface area contributed by atoms with Crippen LogP contribution in [-0.4, -0.2) is 90.1 Å². The molecule has 0 spiro atoms. The zero-order valence-electron chi connectivity index (χ0n) is 11.3. The number of carbonyl (C=O) groups is 2. The van der Waals surface area contributed by atoms with E-state index in [1.54, 1.807) is 0 Å². The van der Waals surface area contributed by atoms with E-state index in [1.807, 2.05) is 0 Å². The van der Waals surface area contributed by atoms with E-state index >= 15 is 0 Å². The number of hydrogen-bond donors (Lipinski definition) is 3. The van der Waals surface area contributed by atoms with Crippen LogP contribution in [0.25, 0.3) is 0 Å². The lowest BCUT2D eigenvalue weighted by molar-refractivity contribution is -0.141. The standard InChI is InChI=1S/C12H21N3O5/c16-9-7-10(11(17)18)15(8-9)12(19)13-1-2-14-3-5-20-6-4-14/h9-10,16H,1-8H2,(H,13,19)(H,17,18)/t9-,10-/m1/s1. The molecule has 0 aromatic carbocycles. The number of nitrogens with one attached hydrogen (secondary N) is 1. The quantitative estimate of drug-likeness (QED) is 0.584. The van der Waals surface area contributed by atoms with Crippen molar-refractivity contribution in [3.8, 4) is 0 Å². The van der Waals surface area contributed by atoms with Crippen molar-refractivity contribution in [3.63, 3.8) is 0 Å². The number of ether oxygens (including phenoxy) is 1. The highest BCUT2D eigenvalue weighted by atomic mass is 16.5. The highest BCUT2D eigenvalue weighted by Crippen LogP contribution is 2.17. The number of carboxylic acids is 1. The number of aliphatic carboxylic acids is 1. The van der Waals surface area contributed by atoms with Gasteiger partial charge >= 0.3 is 12.0 Å². The molecule has 0 aliphatic carbocycles. The fourth-order valence-electron chi connectivity index (χ4n) is 2.52. The van der Waals surface area contributed by atoms with Crippen LogP contribution in [0.5, 0.6) is 0 Å². The second kappa shape index (κ2) is 6.87. The Morgan fingerprint density at radius 3 is 2.65 bits per heavy atom. The Hall–Kier alpha value is -1.38. The van der Waals surface area contributed by atoms with Gasteiger partial charge in [-0.25, -0.2) is 9.59 Å². The first-order valence-electron chi connectivity index (χ1n) is 6.83. The molecular weight excluding hydrogens is 266 g/mol. The first-order valence-corrected chi connectivity index (χ1v) is 6.83. The van der Waals surface area contributed by atoms with Gasteiger partial charge in [-0.2, -0.15) is 0 Å². The van der Waals surface area contributed by atoms with E-state index in [0.717, 1.165) is 13.1 Å². The first kappa shape index (κ1) is 15.0. The minimum atomic E-state index is -1.08. The smallest absolute Gasteiger partial charge is 0.326 e. The lowest BCUT2D eigenvalue weighted by Gasteiger charge is -2.27. The molecule has 2 atom stereocenters. The van der Waals surface area contributed by atoms with Crippen molar-refractivity contribution in [2.45, 2.75) is 18.6 Å². The number of β-amino-alcohol motifs (C(OH)–C–C–N with tert-alkyl or cyclic N) is 1. The van der Waals surface area contributed by atoms with Crippen molar-refractivity contribution in [2.75, 3.05) is 45.9 Å². The summed E-state index contributed by atoms with van der Waals surface area (Å²) in [5.74, 6) is -1.08. The Kier molecular flexibility index (Phi) is 5.16. The number of likely N-dealkylation sites (tertiary alicyclic amines) is 1. The highest BCUT2D eigenvalue weighted by Gasteiger charge is 2.38. The molecule has 8 nitrogen and oxygen atoms in total. The summed E-state index contributed by atoms with van der Waals surface area (Å²) in [6.07, 6.45) is -0.673. The third kappa shape index (κ3) is 3.81. The van der Waals surface area contributed by atoms with Crippen molar-refractivity contribution in [1.82, 2.24) is 15.1 Å². The van der Waals surface area contributed by atoms with Crippen LogP contribution in [0.15, 0.2) is 0 Å². The van der Waals surface area contributed by atoms with Gasteiger partial charge in [0.15, 0.2) is 0 Å². The Morgan fingerprint density at radius 1 is 1.30 bits per heavy atom. The van der Waals surface area contributed by atoms with Crippen LogP contribution in [0.1, 0.15) is 6.42 Å². The minimum Gasteiger partial charge on any atom is -0.480 e. The maximum Gasteiger partial charge on any atom is 0.326 e. The molecule has 0 saturated carbocycles. The van der Waals surface area contributed by atoms with Gasteiger partial charge < -0.3 is 25.2 Å². The molecule has 8 heteroatoms. The Bertz CT molecular complexity index is 359. The summed E-state index contributed by atoms with van der Waals surface area (Å²) in [5.41, 5.74) is 0. The molecule has 2 heterocycles. The van der Waals surface area contributed by atoms with Crippen LogP contribution in [0.3, 0.4) is 0 Å². The Morgan fingerprint density at radius 2 is 2.00 bits per heavy atom. The molecule has 0 radical (unpaired) electrons. The lowest BCUT2D eigenvalue weighted by atomic mass is 10.2. The Balaban J connectivity index is 1.74. The molecule has 2 aliphatic rings. The number of aliphatic hydroxyl groups is 1. The average molecular weight is 287 g/mol. The highest BCUT2D eigenvalue weighted by molar-refractivity contribution is 5.83. The molecule has 2 fully saturated rings. The third-order valence-corrected chi connectivity index (χ3v) is 3.63. The third-order valence-electron chi connectivity index (χ3n) is 3.63. The molecule has 2 rings (SSSR count). The number of rotatable bonds is 4. The summed E-state index contributed by atoms with van der Waals surface area (Å²) >= 11 is 0. The van der Waals surface area contributed by atoms with Gasteiger partial charge in [-0.05, 0) is 0 Å². The molecule has 20 heavy (non-hydrogen) atoms. The van der Waals surface area contributed by atoms with Gasteiger partial charge in [0.1, 0.15) is 6.04 Å². The maximum absolute atomic E-state index is 11.9. The number of hydrogen-bond acceptors (Lipinski definition) is 5. The van der Waals surface area contributed by atoms with E-state index in [0.29, 0.717) is 26.3 Å². The van der Waals surface area contributed by atoms with Crippen molar-refractivity contribution in [1.29, 1.82) is 0 Å². The van der Waals surface area contributed by atoms with Crippen molar-refractivity contribution in [3.05, 3.63) is 0 Å². The Labute approximate surface area is 117 Å². The first-order chi connectivity index (χ1) is 9.58. The van der Waals surface area contributed by atoms with Gasteiger partial charge in [-0.1, -0.05) is 0 Å². The van der Waals surface area contributed by atoms with Crippen LogP contribution in [0.4, 0.5) is 4.79 Å².